The van der Waals surface area contributed by atoms with Crippen molar-refractivity contribution >= 4 is 0 Å². The summed E-state index contributed by atoms with van der Waals surface area (Å²) in [6, 6.07) is 0.442. The van der Waals surface area contributed by atoms with Gasteiger partial charge in [0.25, 0.3) is 0 Å². The van der Waals surface area contributed by atoms with E-state index in [0.29, 0.717) is 6.04 Å². The zero-order valence-corrected chi connectivity index (χ0v) is 3.78. The first kappa shape index (κ1) is 3.88. The van der Waals surface area contributed by atoms with E-state index in [4.69, 9.17) is 5.73 Å². The summed E-state index contributed by atoms with van der Waals surface area (Å²) in [5, 5.41) is 0. The fourth-order valence-electron chi connectivity index (χ4n) is 0.682. The zero-order chi connectivity index (χ0) is 4.57. The summed E-state index contributed by atoms with van der Waals surface area (Å²) >= 11 is 0. The lowest BCUT2D eigenvalue weighted by atomic mass is 9.89. The summed E-state index contributed by atoms with van der Waals surface area (Å²) in [6.07, 6.45) is 2.11. The van der Waals surface area contributed by atoms with E-state index in [0.717, 1.165) is 12.8 Å². The fourth-order valence-corrected chi connectivity index (χ4v) is 0.682. The molecule has 6 heavy (non-hydrogen) atoms. The highest BCUT2D eigenvalue weighted by Crippen LogP contribution is 2.21. The van der Waals surface area contributed by atoms with E-state index in [1.54, 1.807) is 0 Å². The molecule has 0 aromatic rings. The molecule has 0 bridgehead atoms. The Bertz CT molecular complexity index is 68.0. The molecule has 1 saturated carbocycles. The van der Waals surface area contributed by atoms with Gasteiger partial charge in [0.1, 0.15) is 0 Å². The van der Waals surface area contributed by atoms with Crippen LogP contribution < -0.4 is 5.73 Å². The van der Waals surface area contributed by atoms with E-state index in [1.165, 1.54) is 5.57 Å². The molecular weight excluding hydrogens is 74.1 g/mol. The van der Waals surface area contributed by atoms with E-state index in [1.807, 2.05) is 0 Å². The van der Waals surface area contributed by atoms with Crippen LogP contribution in [0.5, 0.6) is 0 Å². The number of hydrogen-bond acceptors (Lipinski definition) is 1. The maximum absolute atomic E-state index is 5.41. The summed E-state index contributed by atoms with van der Waals surface area (Å²) in [4.78, 5) is 0. The van der Waals surface area contributed by atoms with Gasteiger partial charge in [-0.2, -0.15) is 0 Å². The highest BCUT2D eigenvalue weighted by Gasteiger charge is 2.15. The Labute approximate surface area is 37.8 Å². The van der Waals surface area contributed by atoms with Gasteiger partial charge in [0.05, 0.1) is 0 Å². The second-order valence-corrected chi connectivity index (χ2v) is 1.92. The lowest BCUT2D eigenvalue weighted by Crippen LogP contribution is -2.29. The Morgan fingerprint density at radius 2 is 2.17 bits per heavy atom. The molecule has 1 fully saturated rings. The molecule has 34 valence electrons. The van der Waals surface area contributed by atoms with Crippen molar-refractivity contribution in [2.75, 3.05) is 0 Å². The monoisotopic (exact) mass is 83.1 g/mol. The van der Waals surface area contributed by atoms with Gasteiger partial charge in [0.15, 0.2) is 0 Å². The van der Waals surface area contributed by atoms with Gasteiger partial charge in [0, 0.05) is 6.04 Å². The van der Waals surface area contributed by atoms with Crippen LogP contribution in [0.15, 0.2) is 12.2 Å². The molecule has 0 aliphatic heterocycles. The third-order valence-corrected chi connectivity index (χ3v) is 1.10. The third kappa shape index (κ3) is 0.455. The highest BCUT2D eigenvalue weighted by molar-refractivity contribution is 5.09. The first-order valence-corrected chi connectivity index (χ1v) is 2.21. The summed E-state index contributed by atoms with van der Waals surface area (Å²) < 4.78 is 0. The summed E-state index contributed by atoms with van der Waals surface area (Å²) in [7, 11) is 0. The lowest BCUT2D eigenvalue weighted by molar-refractivity contribution is 0.545. The van der Waals surface area contributed by atoms with Crippen LogP contribution in [0.3, 0.4) is 0 Å². The van der Waals surface area contributed by atoms with Crippen molar-refractivity contribution in [2.24, 2.45) is 5.73 Å². The molecule has 0 saturated heterocycles. The van der Waals surface area contributed by atoms with Crippen LogP contribution in [0, 0.1) is 0 Å². The Balaban J connectivity index is 2.28. The average Bonchev–Trinajstić information content (AvgIpc) is 1.33. The molecule has 0 atom stereocenters. The van der Waals surface area contributed by atoms with Crippen LogP contribution >= 0.6 is 0 Å². The van der Waals surface area contributed by atoms with Crippen molar-refractivity contribution in [3.05, 3.63) is 12.2 Å². The van der Waals surface area contributed by atoms with Crippen molar-refractivity contribution in [2.45, 2.75) is 18.9 Å². The Hall–Kier alpha value is -0.300. The summed E-state index contributed by atoms with van der Waals surface area (Å²) in [6.45, 7) is 3.73. The first-order valence-electron chi connectivity index (χ1n) is 2.21. The molecule has 1 heteroatoms. The number of hydrogen-bond donors (Lipinski definition) is 1. The van der Waals surface area contributed by atoms with Gasteiger partial charge >= 0.3 is 0 Å². The van der Waals surface area contributed by atoms with Crippen LogP contribution in [-0.2, 0) is 0 Å². The van der Waals surface area contributed by atoms with Gasteiger partial charge in [-0.25, -0.2) is 0 Å². The number of rotatable bonds is 0. The molecule has 0 heterocycles. The van der Waals surface area contributed by atoms with Crippen molar-refractivity contribution < 1.29 is 0 Å². The molecule has 0 unspecified atom stereocenters. The van der Waals surface area contributed by atoms with Crippen LogP contribution in [0.2, 0.25) is 0 Å². The minimum atomic E-state index is 0.442. The van der Waals surface area contributed by atoms with Crippen molar-refractivity contribution in [3.8, 4) is 0 Å². The predicted molar refractivity (Wildman–Crippen MR) is 26.3 cm³/mol. The van der Waals surface area contributed by atoms with Gasteiger partial charge in [-0.3, -0.25) is 0 Å². The molecule has 1 aliphatic carbocycles. The van der Waals surface area contributed by atoms with Crippen LogP contribution in [0.25, 0.3) is 0 Å². The Morgan fingerprint density at radius 3 is 2.17 bits per heavy atom. The largest absolute Gasteiger partial charge is 0.327 e. The second-order valence-electron chi connectivity index (χ2n) is 1.92. The lowest BCUT2D eigenvalue weighted by Gasteiger charge is -2.23. The Kier molecular flexibility index (Phi) is 0.701. The number of nitrogens with two attached hydrogens (primary N) is 1. The van der Waals surface area contributed by atoms with Crippen LogP contribution in [0.4, 0.5) is 0 Å². The Morgan fingerprint density at radius 1 is 1.67 bits per heavy atom. The van der Waals surface area contributed by atoms with Gasteiger partial charge in [-0.15, -0.1) is 0 Å². The van der Waals surface area contributed by atoms with E-state index < -0.39 is 0 Å². The van der Waals surface area contributed by atoms with Crippen molar-refractivity contribution in [1.82, 2.24) is 0 Å². The van der Waals surface area contributed by atoms with E-state index in [9.17, 15) is 0 Å². The third-order valence-electron chi connectivity index (χ3n) is 1.10. The first-order chi connectivity index (χ1) is 2.79. The van der Waals surface area contributed by atoms with Crippen LogP contribution in [-0.4, -0.2) is 6.04 Å². The summed E-state index contributed by atoms with van der Waals surface area (Å²) in [5.41, 5.74) is 6.72. The molecule has 1 rings (SSSR count). The average molecular weight is 83.1 g/mol. The van der Waals surface area contributed by atoms with Gasteiger partial charge < -0.3 is 5.73 Å². The minimum Gasteiger partial charge on any atom is -0.327 e. The normalized spacial score (nSPS) is 23.8. The standard InChI is InChI=1S/C5H9N/c1-4-2-5(6)3-4/h5H,1-3,6H2. The van der Waals surface area contributed by atoms with Gasteiger partial charge in [-0.05, 0) is 12.8 Å². The van der Waals surface area contributed by atoms with E-state index in [2.05, 4.69) is 6.58 Å². The van der Waals surface area contributed by atoms with E-state index >= 15 is 0 Å². The highest BCUT2D eigenvalue weighted by atomic mass is 14.7. The topological polar surface area (TPSA) is 26.0 Å². The van der Waals surface area contributed by atoms with Gasteiger partial charge in [-0.1, -0.05) is 12.2 Å². The fraction of sp³-hybridized carbons (Fsp3) is 0.600. The molecule has 0 aromatic carbocycles. The maximum Gasteiger partial charge on any atom is 0.0113 e. The SMILES string of the molecule is C=C1CC(N)C1. The van der Waals surface area contributed by atoms with Crippen LogP contribution in [0.1, 0.15) is 12.8 Å². The second kappa shape index (κ2) is 1.09. The maximum atomic E-state index is 5.41. The predicted octanol–water partition coefficient (Wildman–Crippen LogP) is 0.664. The molecule has 1 nitrogen and oxygen atoms in total. The smallest absolute Gasteiger partial charge is 0.0113 e. The molecular formula is C5H9N. The molecule has 2 N–H and O–H groups in total. The molecule has 1 aliphatic rings. The van der Waals surface area contributed by atoms with Crippen molar-refractivity contribution in [3.63, 3.8) is 0 Å². The molecule has 0 aromatic heterocycles. The molecule has 0 radical (unpaired) electrons. The minimum absolute atomic E-state index is 0.442. The molecule has 0 amide bonds. The van der Waals surface area contributed by atoms with Gasteiger partial charge in [0.2, 0.25) is 0 Å². The quantitative estimate of drug-likeness (QED) is 0.428. The zero-order valence-electron chi connectivity index (χ0n) is 3.78. The molecule has 0 spiro atoms. The van der Waals surface area contributed by atoms with Crippen molar-refractivity contribution in [1.29, 1.82) is 0 Å². The van der Waals surface area contributed by atoms with E-state index in [-0.39, 0.29) is 0 Å². The summed E-state index contributed by atoms with van der Waals surface area (Å²) in [5.74, 6) is 0.